The molecule has 0 unspecified atom stereocenters. The summed E-state index contributed by atoms with van der Waals surface area (Å²) >= 11 is 0. The SMILES string of the molecule is Cc1ccc([S@@]2(=O)=N[C@H](C(C)C)CO2)cc1. The van der Waals surface area contributed by atoms with Gasteiger partial charge in [-0.3, -0.25) is 4.18 Å². The first-order valence-corrected chi connectivity index (χ1v) is 6.92. The Bertz CT molecular complexity index is 484. The van der Waals surface area contributed by atoms with E-state index >= 15 is 0 Å². The predicted octanol–water partition coefficient (Wildman–Crippen LogP) is 2.79. The Morgan fingerprint density at radius 2 is 2.00 bits per heavy atom. The molecule has 1 aromatic rings. The minimum atomic E-state index is -2.62. The molecule has 2 rings (SSSR count). The van der Waals surface area contributed by atoms with E-state index < -0.39 is 10.0 Å². The summed E-state index contributed by atoms with van der Waals surface area (Å²) in [6, 6.07) is 7.59. The standard InChI is InChI=1S/C12H17NO2S/c1-9(2)12-8-15-16(14,13-12)11-6-4-10(3)5-7-11/h4-7,9,12H,8H2,1-3H3/t12-,16-/m0/s1. The lowest BCUT2D eigenvalue weighted by Crippen LogP contribution is -2.13. The van der Waals surface area contributed by atoms with E-state index in [1.54, 1.807) is 0 Å². The van der Waals surface area contributed by atoms with Crippen molar-refractivity contribution in [1.82, 2.24) is 0 Å². The molecular formula is C12H17NO2S. The van der Waals surface area contributed by atoms with Gasteiger partial charge in [0.2, 0.25) is 0 Å². The largest absolute Gasteiger partial charge is 0.279 e. The van der Waals surface area contributed by atoms with Gasteiger partial charge in [-0.25, -0.2) is 8.57 Å². The summed E-state index contributed by atoms with van der Waals surface area (Å²) < 4.78 is 22.2. The van der Waals surface area contributed by atoms with Gasteiger partial charge >= 0.3 is 0 Å². The van der Waals surface area contributed by atoms with Gasteiger partial charge in [-0.1, -0.05) is 31.5 Å². The molecule has 0 fully saturated rings. The predicted molar refractivity (Wildman–Crippen MR) is 64.6 cm³/mol. The fourth-order valence-electron chi connectivity index (χ4n) is 1.55. The van der Waals surface area contributed by atoms with E-state index in [9.17, 15) is 4.21 Å². The van der Waals surface area contributed by atoms with Crippen molar-refractivity contribution in [2.75, 3.05) is 6.61 Å². The number of hydrogen-bond donors (Lipinski definition) is 0. The molecule has 4 heteroatoms. The van der Waals surface area contributed by atoms with Gasteiger partial charge in [-0.2, -0.15) is 0 Å². The normalized spacial score (nSPS) is 29.4. The molecule has 0 N–H and O–H groups in total. The lowest BCUT2D eigenvalue weighted by molar-refractivity contribution is 0.312. The summed E-state index contributed by atoms with van der Waals surface area (Å²) in [5.74, 6) is 0.369. The van der Waals surface area contributed by atoms with Gasteiger partial charge in [0, 0.05) is 0 Å². The van der Waals surface area contributed by atoms with E-state index in [-0.39, 0.29) is 6.04 Å². The molecule has 0 bridgehead atoms. The molecule has 3 nitrogen and oxygen atoms in total. The molecule has 1 heterocycles. The summed E-state index contributed by atoms with van der Waals surface area (Å²) in [5, 5.41) is 0. The Labute approximate surface area is 97.2 Å². The van der Waals surface area contributed by atoms with Crippen molar-refractivity contribution in [2.45, 2.75) is 31.7 Å². The highest BCUT2D eigenvalue weighted by Crippen LogP contribution is 2.25. The number of nitrogens with zero attached hydrogens (tertiary/aromatic N) is 1. The lowest BCUT2D eigenvalue weighted by atomic mass is 10.1. The Hall–Kier alpha value is -0.870. The van der Waals surface area contributed by atoms with Crippen molar-refractivity contribution in [3.05, 3.63) is 29.8 Å². The van der Waals surface area contributed by atoms with Crippen molar-refractivity contribution in [3.8, 4) is 0 Å². The van der Waals surface area contributed by atoms with E-state index in [1.807, 2.05) is 31.2 Å². The van der Waals surface area contributed by atoms with Crippen LogP contribution in [0.2, 0.25) is 0 Å². The summed E-state index contributed by atoms with van der Waals surface area (Å²) in [7, 11) is -2.62. The van der Waals surface area contributed by atoms with E-state index in [2.05, 4.69) is 18.2 Å². The number of aryl methyl sites for hydroxylation is 1. The molecule has 0 spiro atoms. The van der Waals surface area contributed by atoms with E-state index in [0.717, 1.165) is 5.56 Å². The van der Waals surface area contributed by atoms with Crippen molar-refractivity contribution >= 4 is 10.0 Å². The Morgan fingerprint density at radius 3 is 2.50 bits per heavy atom. The highest BCUT2D eigenvalue weighted by molar-refractivity contribution is 7.89. The van der Waals surface area contributed by atoms with Crippen LogP contribution in [0.15, 0.2) is 33.5 Å². The molecule has 0 radical (unpaired) electrons. The monoisotopic (exact) mass is 239 g/mol. The summed E-state index contributed by atoms with van der Waals surface area (Å²) in [4.78, 5) is 0.682. The molecule has 0 saturated carbocycles. The summed E-state index contributed by atoms with van der Waals surface area (Å²) in [6.07, 6.45) is 0. The van der Waals surface area contributed by atoms with Gasteiger partial charge in [0.15, 0.2) is 10.0 Å². The maximum Gasteiger partial charge on any atom is 0.193 e. The van der Waals surface area contributed by atoms with Crippen LogP contribution in [0, 0.1) is 12.8 Å². The fraction of sp³-hybridized carbons (Fsp3) is 0.500. The van der Waals surface area contributed by atoms with Gasteiger partial charge in [0.05, 0.1) is 17.5 Å². The smallest absolute Gasteiger partial charge is 0.193 e. The van der Waals surface area contributed by atoms with Crippen LogP contribution in [0.1, 0.15) is 19.4 Å². The topological polar surface area (TPSA) is 38.7 Å². The minimum Gasteiger partial charge on any atom is -0.279 e. The van der Waals surface area contributed by atoms with Crippen LogP contribution in [0.5, 0.6) is 0 Å². The van der Waals surface area contributed by atoms with Gasteiger partial charge in [0.1, 0.15) is 0 Å². The fourth-order valence-corrected chi connectivity index (χ4v) is 3.34. The second-order valence-corrected chi connectivity index (χ2v) is 6.36. The maximum absolute atomic E-state index is 12.4. The highest BCUT2D eigenvalue weighted by atomic mass is 32.2. The Morgan fingerprint density at radius 1 is 1.38 bits per heavy atom. The van der Waals surface area contributed by atoms with Gasteiger partial charge in [-0.05, 0) is 25.0 Å². The van der Waals surface area contributed by atoms with Crippen LogP contribution in [-0.2, 0) is 14.2 Å². The number of rotatable bonds is 2. The second kappa shape index (κ2) is 4.18. The van der Waals surface area contributed by atoms with E-state index in [1.165, 1.54) is 0 Å². The van der Waals surface area contributed by atoms with Crippen molar-refractivity contribution in [1.29, 1.82) is 0 Å². The zero-order valence-corrected chi connectivity index (χ0v) is 10.7. The van der Waals surface area contributed by atoms with E-state index in [4.69, 9.17) is 4.18 Å². The first-order chi connectivity index (χ1) is 7.51. The molecule has 0 aliphatic carbocycles. The lowest BCUT2D eigenvalue weighted by Gasteiger charge is -2.06. The summed E-state index contributed by atoms with van der Waals surface area (Å²) in [5.41, 5.74) is 1.14. The number of benzene rings is 1. The quantitative estimate of drug-likeness (QED) is 0.796. The molecule has 1 aliphatic rings. The average molecular weight is 239 g/mol. The first-order valence-electron chi connectivity index (χ1n) is 5.48. The van der Waals surface area contributed by atoms with Crippen molar-refractivity contribution < 1.29 is 8.39 Å². The molecule has 16 heavy (non-hydrogen) atoms. The molecule has 1 aromatic carbocycles. The van der Waals surface area contributed by atoms with Crippen molar-refractivity contribution in [3.63, 3.8) is 0 Å². The van der Waals surface area contributed by atoms with Crippen LogP contribution in [0.25, 0.3) is 0 Å². The van der Waals surface area contributed by atoms with Crippen LogP contribution >= 0.6 is 0 Å². The molecule has 0 amide bonds. The third-order valence-corrected chi connectivity index (χ3v) is 4.63. The van der Waals surface area contributed by atoms with Crippen LogP contribution in [0.4, 0.5) is 0 Å². The molecule has 0 aromatic heterocycles. The van der Waals surface area contributed by atoms with Gasteiger partial charge in [-0.15, -0.1) is 0 Å². The van der Waals surface area contributed by atoms with Crippen LogP contribution in [0.3, 0.4) is 0 Å². The Kier molecular flexibility index (Phi) is 3.04. The number of hydrogen-bond acceptors (Lipinski definition) is 3. The van der Waals surface area contributed by atoms with Crippen molar-refractivity contribution in [2.24, 2.45) is 10.3 Å². The van der Waals surface area contributed by atoms with Crippen LogP contribution in [-0.4, -0.2) is 16.9 Å². The van der Waals surface area contributed by atoms with E-state index in [0.29, 0.717) is 17.4 Å². The molecule has 2 atom stereocenters. The third kappa shape index (κ3) is 2.13. The maximum atomic E-state index is 12.4. The average Bonchev–Trinajstić information content (AvgIpc) is 2.63. The molecule has 88 valence electrons. The zero-order chi connectivity index (χ0) is 11.8. The minimum absolute atomic E-state index is 0.0498. The Balaban J connectivity index is 2.37. The third-order valence-electron chi connectivity index (χ3n) is 2.76. The molecule has 0 saturated heterocycles. The first kappa shape index (κ1) is 11.6. The second-order valence-electron chi connectivity index (χ2n) is 4.49. The molecular weight excluding hydrogens is 222 g/mol. The molecule has 1 aliphatic heterocycles. The van der Waals surface area contributed by atoms with Gasteiger partial charge in [0.25, 0.3) is 0 Å². The van der Waals surface area contributed by atoms with Gasteiger partial charge < -0.3 is 0 Å². The van der Waals surface area contributed by atoms with Crippen LogP contribution < -0.4 is 0 Å². The summed E-state index contributed by atoms with van der Waals surface area (Å²) in [6.45, 7) is 6.60. The zero-order valence-electron chi connectivity index (χ0n) is 9.84. The highest BCUT2D eigenvalue weighted by Gasteiger charge is 2.27.